The van der Waals surface area contributed by atoms with Gasteiger partial charge >= 0.3 is 0 Å². The average molecular weight is 327 g/mol. The van der Waals surface area contributed by atoms with Gasteiger partial charge in [-0.1, -0.05) is 54.1 Å². The summed E-state index contributed by atoms with van der Waals surface area (Å²) in [7, 11) is 1.64. The lowest BCUT2D eigenvalue weighted by molar-refractivity contribution is 0.293. The highest BCUT2D eigenvalue weighted by molar-refractivity contribution is 6.29. The Bertz CT molecular complexity index is 777. The lowest BCUT2D eigenvalue weighted by Gasteiger charge is -2.08. The largest absolute Gasteiger partial charge is 0.497 e. The third-order valence-electron chi connectivity index (χ3n) is 3.25. The van der Waals surface area contributed by atoms with E-state index >= 15 is 0 Å². The van der Waals surface area contributed by atoms with Gasteiger partial charge in [-0.15, -0.1) is 0 Å². The highest BCUT2D eigenvalue weighted by atomic mass is 35.5. The molecule has 0 atom stereocenters. The van der Waals surface area contributed by atoms with Crippen LogP contribution in [0.25, 0.3) is 11.4 Å². The summed E-state index contributed by atoms with van der Waals surface area (Å²) in [5, 5.41) is 0.351. The van der Waals surface area contributed by atoms with Crippen LogP contribution in [0.1, 0.15) is 5.56 Å². The molecule has 0 saturated heterocycles. The summed E-state index contributed by atoms with van der Waals surface area (Å²) in [5.41, 5.74) is 1.91. The van der Waals surface area contributed by atoms with Gasteiger partial charge in [-0.2, -0.15) is 4.98 Å². The van der Waals surface area contributed by atoms with Crippen LogP contribution in [0.4, 0.5) is 0 Å². The molecular formula is C18H15ClN2O2. The van der Waals surface area contributed by atoms with E-state index in [9.17, 15) is 0 Å². The van der Waals surface area contributed by atoms with E-state index in [0.29, 0.717) is 23.5 Å². The van der Waals surface area contributed by atoms with Gasteiger partial charge in [0.2, 0.25) is 5.88 Å². The van der Waals surface area contributed by atoms with Crippen LogP contribution in [0, 0.1) is 0 Å². The molecule has 1 heterocycles. The summed E-state index contributed by atoms with van der Waals surface area (Å²) < 4.78 is 10.9. The molecule has 0 aliphatic heterocycles. The van der Waals surface area contributed by atoms with Crippen molar-refractivity contribution < 1.29 is 9.47 Å². The number of hydrogen-bond donors (Lipinski definition) is 0. The highest BCUT2D eigenvalue weighted by Gasteiger charge is 2.07. The number of benzene rings is 2. The van der Waals surface area contributed by atoms with Crippen LogP contribution in [0.5, 0.6) is 11.6 Å². The summed E-state index contributed by atoms with van der Waals surface area (Å²) in [4.78, 5) is 8.65. The minimum Gasteiger partial charge on any atom is -0.497 e. The van der Waals surface area contributed by atoms with Crippen LogP contribution in [0.3, 0.4) is 0 Å². The molecule has 23 heavy (non-hydrogen) atoms. The Hall–Kier alpha value is -2.59. The average Bonchev–Trinajstić information content (AvgIpc) is 2.61. The Labute approximate surface area is 139 Å². The Morgan fingerprint density at radius 1 is 0.957 bits per heavy atom. The smallest absolute Gasteiger partial charge is 0.218 e. The van der Waals surface area contributed by atoms with Crippen LogP contribution >= 0.6 is 11.6 Å². The molecule has 0 fully saturated rings. The van der Waals surface area contributed by atoms with Gasteiger partial charge in [-0.25, -0.2) is 4.98 Å². The molecule has 116 valence electrons. The zero-order valence-corrected chi connectivity index (χ0v) is 13.3. The molecule has 0 bridgehead atoms. The predicted molar refractivity (Wildman–Crippen MR) is 89.8 cm³/mol. The molecule has 0 aliphatic carbocycles. The van der Waals surface area contributed by atoms with Crippen molar-refractivity contribution in [3.63, 3.8) is 0 Å². The summed E-state index contributed by atoms with van der Waals surface area (Å²) >= 11 is 6.07. The van der Waals surface area contributed by atoms with E-state index < -0.39 is 0 Å². The van der Waals surface area contributed by atoms with E-state index in [-0.39, 0.29) is 0 Å². The molecule has 1 aromatic heterocycles. The number of aromatic nitrogens is 2. The molecule has 2 aromatic carbocycles. The minimum absolute atomic E-state index is 0.351. The number of rotatable bonds is 5. The fraction of sp³-hybridized carbons (Fsp3) is 0.111. The first kappa shape index (κ1) is 15.3. The van der Waals surface area contributed by atoms with E-state index in [4.69, 9.17) is 21.1 Å². The molecule has 0 aliphatic rings. The van der Waals surface area contributed by atoms with Gasteiger partial charge in [-0.05, 0) is 17.7 Å². The molecule has 5 heteroatoms. The second-order valence-corrected chi connectivity index (χ2v) is 5.24. The van der Waals surface area contributed by atoms with E-state index in [0.717, 1.165) is 16.9 Å². The second kappa shape index (κ2) is 7.11. The minimum atomic E-state index is 0.351. The SMILES string of the molecule is COc1ccc(COc2cc(Cl)nc(-c3ccccc3)n2)cc1. The Morgan fingerprint density at radius 2 is 1.70 bits per heavy atom. The Balaban J connectivity index is 1.76. The lowest BCUT2D eigenvalue weighted by atomic mass is 10.2. The fourth-order valence-electron chi connectivity index (χ4n) is 2.07. The van der Waals surface area contributed by atoms with Crippen LogP contribution < -0.4 is 9.47 Å². The Kier molecular flexibility index (Phi) is 4.74. The van der Waals surface area contributed by atoms with E-state index in [1.165, 1.54) is 0 Å². The summed E-state index contributed by atoms with van der Waals surface area (Å²) in [6.45, 7) is 0.394. The summed E-state index contributed by atoms with van der Waals surface area (Å²) in [6.07, 6.45) is 0. The molecule has 0 amide bonds. The number of methoxy groups -OCH3 is 1. The van der Waals surface area contributed by atoms with Crippen molar-refractivity contribution in [2.45, 2.75) is 6.61 Å². The van der Waals surface area contributed by atoms with Crippen molar-refractivity contribution in [1.82, 2.24) is 9.97 Å². The van der Waals surface area contributed by atoms with Crippen LogP contribution in [0.15, 0.2) is 60.7 Å². The standard InChI is InChI=1S/C18H15ClN2O2/c1-22-15-9-7-13(8-10-15)12-23-17-11-16(19)20-18(21-17)14-5-3-2-4-6-14/h2-11H,12H2,1H3. The molecule has 3 rings (SSSR count). The molecule has 0 spiro atoms. The van der Waals surface area contributed by atoms with Crippen LogP contribution in [-0.2, 0) is 6.61 Å². The molecule has 0 saturated carbocycles. The second-order valence-electron chi connectivity index (χ2n) is 4.86. The van der Waals surface area contributed by atoms with Crippen molar-refractivity contribution in [1.29, 1.82) is 0 Å². The highest BCUT2D eigenvalue weighted by Crippen LogP contribution is 2.22. The molecule has 0 N–H and O–H groups in total. The third-order valence-corrected chi connectivity index (χ3v) is 3.44. The zero-order chi connectivity index (χ0) is 16.1. The van der Waals surface area contributed by atoms with E-state index in [2.05, 4.69) is 9.97 Å². The van der Waals surface area contributed by atoms with Gasteiger partial charge in [0.1, 0.15) is 17.5 Å². The van der Waals surface area contributed by atoms with Crippen molar-refractivity contribution in [3.8, 4) is 23.0 Å². The molecule has 0 radical (unpaired) electrons. The maximum absolute atomic E-state index is 6.07. The predicted octanol–water partition coefficient (Wildman–Crippen LogP) is 4.38. The van der Waals surface area contributed by atoms with Crippen molar-refractivity contribution >= 4 is 11.6 Å². The summed E-state index contributed by atoms with van der Waals surface area (Å²) in [5.74, 6) is 1.80. The first-order valence-corrected chi connectivity index (χ1v) is 7.48. The number of nitrogens with zero attached hydrogens (tertiary/aromatic N) is 2. The molecular weight excluding hydrogens is 312 g/mol. The normalized spacial score (nSPS) is 10.3. The summed E-state index contributed by atoms with van der Waals surface area (Å²) in [6, 6.07) is 18.9. The maximum atomic E-state index is 6.07. The molecule has 3 aromatic rings. The first-order valence-electron chi connectivity index (χ1n) is 7.10. The van der Waals surface area contributed by atoms with Gasteiger partial charge < -0.3 is 9.47 Å². The van der Waals surface area contributed by atoms with E-state index in [1.54, 1.807) is 13.2 Å². The number of halogens is 1. The lowest BCUT2D eigenvalue weighted by Crippen LogP contribution is -1.99. The van der Waals surface area contributed by atoms with Gasteiger partial charge in [-0.3, -0.25) is 0 Å². The molecule has 0 unspecified atom stereocenters. The van der Waals surface area contributed by atoms with Gasteiger partial charge in [0.25, 0.3) is 0 Å². The van der Waals surface area contributed by atoms with E-state index in [1.807, 2.05) is 54.6 Å². The van der Waals surface area contributed by atoms with Gasteiger partial charge in [0, 0.05) is 11.6 Å². The monoisotopic (exact) mass is 326 g/mol. The van der Waals surface area contributed by atoms with Gasteiger partial charge in [0.05, 0.1) is 7.11 Å². The van der Waals surface area contributed by atoms with Gasteiger partial charge in [0.15, 0.2) is 5.82 Å². The number of ether oxygens (including phenoxy) is 2. The number of hydrogen-bond acceptors (Lipinski definition) is 4. The molecule has 4 nitrogen and oxygen atoms in total. The third kappa shape index (κ3) is 3.99. The van der Waals surface area contributed by atoms with Crippen molar-refractivity contribution in [3.05, 3.63) is 71.4 Å². The topological polar surface area (TPSA) is 44.2 Å². The Morgan fingerprint density at radius 3 is 2.39 bits per heavy atom. The van der Waals surface area contributed by atoms with Crippen LogP contribution in [0.2, 0.25) is 5.15 Å². The quantitative estimate of drug-likeness (QED) is 0.652. The van der Waals surface area contributed by atoms with Crippen LogP contribution in [-0.4, -0.2) is 17.1 Å². The maximum Gasteiger partial charge on any atom is 0.218 e. The zero-order valence-electron chi connectivity index (χ0n) is 12.6. The fourth-order valence-corrected chi connectivity index (χ4v) is 2.24. The first-order chi connectivity index (χ1) is 11.2. The van der Waals surface area contributed by atoms with Crippen molar-refractivity contribution in [2.75, 3.05) is 7.11 Å². The van der Waals surface area contributed by atoms with Crippen molar-refractivity contribution in [2.24, 2.45) is 0 Å².